The normalized spacial score (nSPS) is 16.4. The summed E-state index contributed by atoms with van der Waals surface area (Å²) in [6.45, 7) is 0. The van der Waals surface area contributed by atoms with E-state index in [4.69, 9.17) is 5.73 Å². The molecule has 4 nitrogen and oxygen atoms in total. The van der Waals surface area contributed by atoms with Gasteiger partial charge in [0.25, 0.3) is 0 Å². The second-order valence-electron chi connectivity index (χ2n) is 5.32. The van der Waals surface area contributed by atoms with Crippen LogP contribution in [0.4, 0.5) is 13.9 Å². The summed E-state index contributed by atoms with van der Waals surface area (Å²) >= 11 is 1.38. The number of fused-ring (bicyclic) bond motifs is 1. The fourth-order valence-electron chi connectivity index (χ4n) is 2.48. The zero-order valence-electron chi connectivity index (χ0n) is 12.1. The van der Waals surface area contributed by atoms with Gasteiger partial charge in [0.05, 0.1) is 12.1 Å². The predicted octanol–water partition coefficient (Wildman–Crippen LogP) is 2.84. The first kappa shape index (κ1) is 17.8. The molecule has 0 saturated carbocycles. The number of benzene rings is 1. The van der Waals surface area contributed by atoms with E-state index in [9.17, 15) is 13.6 Å². The van der Waals surface area contributed by atoms with Crippen molar-refractivity contribution in [2.24, 2.45) is 5.73 Å². The van der Waals surface area contributed by atoms with Gasteiger partial charge in [-0.1, -0.05) is 6.07 Å². The highest BCUT2D eigenvalue weighted by Crippen LogP contribution is 2.29. The molecule has 0 bridgehead atoms. The van der Waals surface area contributed by atoms with E-state index in [-0.39, 0.29) is 30.4 Å². The van der Waals surface area contributed by atoms with Gasteiger partial charge in [0, 0.05) is 16.5 Å². The third-order valence-electron chi connectivity index (χ3n) is 3.62. The number of nitrogens with zero attached hydrogens (tertiary/aromatic N) is 1. The number of halogens is 3. The van der Waals surface area contributed by atoms with E-state index in [1.807, 2.05) is 0 Å². The van der Waals surface area contributed by atoms with Crippen LogP contribution in [-0.2, 0) is 24.1 Å². The third kappa shape index (κ3) is 4.04. The summed E-state index contributed by atoms with van der Waals surface area (Å²) in [7, 11) is 0. The third-order valence-corrected chi connectivity index (χ3v) is 4.66. The van der Waals surface area contributed by atoms with Crippen LogP contribution in [0.2, 0.25) is 0 Å². The Morgan fingerprint density at radius 1 is 1.39 bits per heavy atom. The lowest BCUT2D eigenvalue weighted by atomic mass is 9.99. The molecule has 1 aromatic heterocycles. The zero-order valence-corrected chi connectivity index (χ0v) is 13.8. The largest absolute Gasteiger partial charge is 0.327 e. The van der Waals surface area contributed by atoms with E-state index in [1.165, 1.54) is 17.4 Å². The van der Waals surface area contributed by atoms with E-state index in [2.05, 4.69) is 10.3 Å². The van der Waals surface area contributed by atoms with Gasteiger partial charge in [-0.15, -0.1) is 23.7 Å². The molecule has 1 aliphatic carbocycles. The number of anilines is 1. The average molecular weight is 360 g/mol. The number of aryl methyl sites for hydroxylation is 1. The Morgan fingerprint density at radius 2 is 2.09 bits per heavy atom. The van der Waals surface area contributed by atoms with Crippen molar-refractivity contribution >= 4 is 34.8 Å². The van der Waals surface area contributed by atoms with Gasteiger partial charge >= 0.3 is 0 Å². The van der Waals surface area contributed by atoms with Crippen LogP contribution in [0.1, 0.15) is 22.6 Å². The number of carbonyl (C=O) groups is 1. The second kappa shape index (κ2) is 7.33. The van der Waals surface area contributed by atoms with Crippen molar-refractivity contribution in [3.63, 3.8) is 0 Å². The Hall–Kier alpha value is -1.57. The number of thiazole rings is 1. The van der Waals surface area contributed by atoms with Crippen molar-refractivity contribution in [1.29, 1.82) is 0 Å². The van der Waals surface area contributed by atoms with E-state index < -0.39 is 17.5 Å². The second-order valence-corrected chi connectivity index (χ2v) is 6.40. The zero-order chi connectivity index (χ0) is 15.7. The summed E-state index contributed by atoms with van der Waals surface area (Å²) in [5.74, 6) is -1.93. The molecule has 0 spiro atoms. The lowest BCUT2D eigenvalue weighted by Crippen LogP contribution is -2.27. The maximum atomic E-state index is 13.5. The fraction of sp³-hybridized carbons (Fsp3) is 0.333. The first-order valence-corrected chi connectivity index (χ1v) is 7.81. The Morgan fingerprint density at radius 3 is 2.78 bits per heavy atom. The highest BCUT2D eigenvalue weighted by molar-refractivity contribution is 7.15. The molecule has 0 unspecified atom stereocenters. The number of hydrogen-bond acceptors (Lipinski definition) is 4. The van der Waals surface area contributed by atoms with E-state index in [1.54, 1.807) is 0 Å². The van der Waals surface area contributed by atoms with Crippen LogP contribution in [0.5, 0.6) is 0 Å². The number of carbonyl (C=O) groups excluding carboxylic acids is 1. The Labute approximate surface area is 142 Å². The van der Waals surface area contributed by atoms with Crippen LogP contribution >= 0.6 is 23.7 Å². The molecule has 1 amide bonds. The molecule has 0 radical (unpaired) electrons. The minimum absolute atomic E-state index is 0. The van der Waals surface area contributed by atoms with Crippen LogP contribution in [0.25, 0.3) is 0 Å². The summed E-state index contributed by atoms with van der Waals surface area (Å²) in [5, 5.41) is 3.07. The standard InChI is InChI=1S/C15H15F2N3OS.ClH/c16-10-2-1-3-11(17)9(10)7-14(21)20-15-19-12-5-4-8(18)6-13(12)22-15;/h1-3,8H,4-7,18H2,(H,19,20,21);1H/t8-;/m0./s1. The van der Waals surface area contributed by atoms with Crippen molar-refractivity contribution < 1.29 is 13.6 Å². The van der Waals surface area contributed by atoms with Crippen molar-refractivity contribution in [1.82, 2.24) is 4.98 Å². The van der Waals surface area contributed by atoms with Gasteiger partial charge in [0.15, 0.2) is 5.13 Å². The molecule has 0 aliphatic heterocycles. The van der Waals surface area contributed by atoms with Gasteiger partial charge in [-0.2, -0.15) is 0 Å². The topological polar surface area (TPSA) is 68.0 Å². The Kier molecular flexibility index (Phi) is 5.67. The monoisotopic (exact) mass is 359 g/mol. The van der Waals surface area contributed by atoms with Gasteiger partial charge in [-0.05, 0) is 31.4 Å². The number of nitrogens with one attached hydrogen (secondary N) is 1. The highest BCUT2D eigenvalue weighted by Gasteiger charge is 2.21. The molecule has 23 heavy (non-hydrogen) atoms. The highest BCUT2D eigenvalue weighted by atomic mass is 35.5. The summed E-state index contributed by atoms with van der Waals surface area (Å²) < 4.78 is 27.1. The lowest BCUT2D eigenvalue weighted by molar-refractivity contribution is -0.115. The Balaban J connectivity index is 0.00000192. The molecule has 2 aromatic rings. The summed E-state index contributed by atoms with van der Waals surface area (Å²) in [6, 6.07) is 3.66. The molecule has 8 heteroatoms. The summed E-state index contributed by atoms with van der Waals surface area (Å²) in [6.07, 6.45) is 2.07. The molecule has 1 aliphatic rings. The van der Waals surface area contributed by atoms with Gasteiger partial charge < -0.3 is 11.1 Å². The molecule has 0 saturated heterocycles. The maximum absolute atomic E-state index is 13.5. The molecular formula is C15H16ClF2N3OS. The molecule has 1 heterocycles. The van der Waals surface area contributed by atoms with Crippen LogP contribution in [0.15, 0.2) is 18.2 Å². The minimum atomic E-state index is -0.723. The van der Waals surface area contributed by atoms with Crippen molar-refractivity contribution in [3.8, 4) is 0 Å². The molecule has 1 atom stereocenters. The van der Waals surface area contributed by atoms with Gasteiger partial charge in [0.1, 0.15) is 11.6 Å². The van der Waals surface area contributed by atoms with Crippen molar-refractivity contribution in [2.75, 3.05) is 5.32 Å². The van der Waals surface area contributed by atoms with Crippen molar-refractivity contribution in [2.45, 2.75) is 31.7 Å². The lowest BCUT2D eigenvalue weighted by Gasteiger charge is -2.15. The maximum Gasteiger partial charge on any atom is 0.230 e. The average Bonchev–Trinajstić information content (AvgIpc) is 2.84. The first-order chi connectivity index (χ1) is 10.5. The predicted molar refractivity (Wildman–Crippen MR) is 88.1 cm³/mol. The number of rotatable bonds is 3. The first-order valence-electron chi connectivity index (χ1n) is 7.00. The SMILES string of the molecule is Cl.N[C@H]1CCc2nc(NC(=O)Cc3c(F)cccc3F)sc2C1. The quantitative estimate of drug-likeness (QED) is 0.885. The molecule has 124 valence electrons. The molecule has 0 fully saturated rings. The van der Waals surface area contributed by atoms with E-state index in [0.717, 1.165) is 42.0 Å². The van der Waals surface area contributed by atoms with Gasteiger partial charge in [0.2, 0.25) is 5.91 Å². The molecule has 3 rings (SSSR count). The van der Waals surface area contributed by atoms with Gasteiger partial charge in [-0.3, -0.25) is 4.79 Å². The number of amides is 1. The number of aromatic nitrogens is 1. The summed E-state index contributed by atoms with van der Waals surface area (Å²) in [4.78, 5) is 17.4. The molecule has 3 N–H and O–H groups in total. The van der Waals surface area contributed by atoms with E-state index in [0.29, 0.717) is 5.13 Å². The number of nitrogens with two attached hydrogens (primary N) is 1. The molecular weight excluding hydrogens is 344 g/mol. The van der Waals surface area contributed by atoms with E-state index >= 15 is 0 Å². The Bertz CT molecular complexity index is 702. The number of hydrogen-bond donors (Lipinski definition) is 2. The van der Waals surface area contributed by atoms with Crippen LogP contribution in [0.3, 0.4) is 0 Å². The van der Waals surface area contributed by atoms with Crippen molar-refractivity contribution in [3.05, 3.63) is 46.0 Å². The van der Waals surface area contributed by atoms with Crippen LogP contribution in [0, 0.1) is 11.6 Å². The van der Waals surface area contributed by atoms with Gasteiger partial charge in [-0.25, -0.2) is 13.8 Å². The molecule has 1 aromatic carbocycles. The fourth-order valence-corrected chi connectivity index (χ4v) is 3.60. The van der Waals surface area contributed by atoms with Crippen LogP contribution in [-0.4, -0.2) is 16.9 Å². The smallest absolute Gasteiger partial charge is 0.230 e. The summed E-state index contributed by atoms with van der Waals surface area (Å²) in [5.41, 5.74) is 6.63. The minimum Gasteiger partial charge on any atom is -0.327 e. The van der Waals surface area contributed by atoms with Crippen LogP contribution < -0.4 is 11.1 Å².